The molecule has 1 aromatic rings. The number of unbranched alkanes of at least 4 members (excludes halogenated alkanes) is 5. The molecule has 0 amide bonds. The van der Waals surface area contributed by atoms with Crippen molar-refractivity contribution in [3.8, 4) is 0 Å². The summed E-state index contributed by atoms with van der Waals surface area (Å²) in [6, 6.07) is 9.08. The molecule has 0 bridgehead atoms. The molecule has 1 nitrogen and oxygen atoms in total. The highest BCUT2D eigenvalue weighted by Gasteiger charge is 2.06. The van der Waals surface area contributed by atoms with Crippen molar-refractivity contribution in [3.63, 3.8) is 0 Å². The number of thioether (sulfide) groups is 1. The topological polar surface area (TPSA) is 3.24 Å². The molecule has 104 valence electrons. The fourth-order valence-electron chi connectivity index (χ4n) is 2.41. The molecule has 0 N–H and O–H groups in total. The lowest BCUT2D eigenvalue weighted by Crippen LogP contribution is -2.10. The van der Waals surface area contributed by atoms with E-state index in [1.165, 1.54) is 56.2 Å². The van der Waals surface area contributed by atoms with Crippen molar-refractivity contribution in [2.24, 2.45) is 0 Å². The van der Waals surface area contributed by atoms with E-state index in [0.29, 0.717) is 0 Å². The van der Waals surface area contributed by atoms with Gasteiger partial charge in [0.05, 0.1) is 5.88 Å². The fraction of sp³-hybridized carbons (Fsp3) is 0.529. The Bertz CT molecular complexity index is 383. The van der Waals surface area contributed by atoms with E-state index in [1.54, 1.807) is 0 Å². The second-order valence-corrected chi connectivity index (χ2v) is 6.10. The largest absolute Gasteiger partial charge is 0.337 e. The second-order valence-electron chi connectivity index (χ2n) is 5.23. The third-order valence-corrected chi connectivity index (χ3v) is 4.38. The maximum Gasteiger partial charge on any atom is 0.0723 e. The standard InChI is InChI=1S/C17H25NS/c1-2-3-4-5-6-7-8-16-9-11-17(12-10-16)18-13-14-19-15-18/h9-14H,2-8,15H2,1H3. The summed E-state index contributed by atoms with van der Waals surface area (Å²) in [5.74, 6) is 1.05. The molecule has 0 aromatic heterocycles. The molecule has 0 spiro atoms. The van der Waals surface area contributed by atoms with E-state index in [1.807, 2.05) is 11.8 Å². The highest BCUT2D eigenvalue weighted by atomic mass is 32.2. The van der Waals surface area contributed by atoms with Crippen LogP contribution >= 0.6 is 11.8 Å². The van der Waals surface area contributed by atoms with E-state index in [2.05, 4.69) is 47.7 Å². The Kier molecular flexibility index (Phi) is 6.35. The van der Waals surface area contributed by atoms with Crippen LogP contribution < -0.4 is 4.90 Å². The van der Waals surface area contributed by atoms with E-state index in [9.17, 15) is 0 Å². The third-order valence-electron chi connectivity index (χ3n) is 3.64. The number of anilines is 1. The molecular weight excluding hydrogens is 250 g/mol. The predicted molar refractivity (Wildman–Crippen MR) is 87.6 cm³/mol. The van der Waals surface area contributed by atoms with Gasteiger partial charge in [-0.2, -0.15) is 0 Å². The lowest BCUT2D eigenvalue weighted by atomic mass is 10.0. The molecule has 0 saturated heterocycles. The predicted octanol–water partition coefficient (Wildman–Crippen LogP) is 5.57. The molecule has 2 rings (SSSR count). The van der Waals surface area contributed by atoms with Crippen LogP contribution in [-0.2, 0) is 6.42 Å². The van der Waals surface area contributed by atoms with Crippen molar-refractivity contribution in [1.29, 1.82) is 0 Å². The molecule has 0 saturated carbocycles. The molecule has 0 radical (unpaired) electrons. The molecule has 19 heavy (non-hydrogen) atoms. The van der Waals surface area contributed by atoms with Gasteiger partial charge < -0.3 is 4.90 Å². The van der Waals surface area contributed by atoms with E-state index < -0.39 is 0 Å². The first kappa shape index (κ1) is 14.5. The summed E-state index contributed by atoms with van der Waals surface area (Å²) >= 11 is 1.85. The van der Waals surface area contributed by atoms with E-state index in [0.717, 1.165) is 5.88 Å². The summed E-state index contributed by atoms with van der Waals surface area (Å²) in [7, 11) is 0. The third kappa shape index (κ3) is 4.94. The van der Waals surface area contributed by atoms with Crippen LogP contribution in [0.1, 0.15) is 51.0 Å². The summed E-state index contributed by atoms with van der Waals surface area (Å²) in [5.41, 5.74) is 2.79. The Hall–Kier alpha value is -0.890. The number of nitrogens with zero attached hydrogens (tertiary/aromatic N) is 1. The first-order valence-corrected chi connectivity index (χ1v) is 8.59. The molecule has 1 heterocycles. The molecule has 1 aromatic carbocycles. The normalized spacial score (nSPS) is 14.3. The van der Waals surface area contributed by atoms with Gasteiger partial charge in [0.15, 0.2) is 0 Å². The minimum absolute atomic E-state index is 1.05. The van der Waals surface area contributed by atoms with Crippen LogP contribution in [-0.4, -0.2) is 5.88 Å². The highest BCUT2D eigenvalue weighted by Crippen LogP contribution is 2.24. The van der Waals surface area contributed by atoms with Crippen LogP contribution in [0, 0.1) is 0 Å². The van der Waals surface area contributed by atoms with Crippen LogP contribution in [0.5, 0.6) is 0 Å². The van der Waals surface area contributed by atoms with Gasteiger partial charge in [-0.1, -0.05) is 51.2 Å². The number of hydrogen-bond acceptors (Lipinski definition) is 2. The number of hydrogen-bond donors (Lipinski definition) is 0. The van der Waals surface area contributed by atoms with Crippen molar-refractivity contribution in [2.75, 3.05) is 10.8 Å². The first-order chi connectivity index (χ1) is 9.40. The zero-order valence-electron chi connectivity index (χ0n) is 12.0. The smallest absolute Gasteiger partial charge is 0.0723 e. The summed E-state index contributed by atoms with van der Waals surface area (Å²) in [6.07, 6.45) is 11.7. The van der Waals surface area contributed by atoms with Gasteiger partial charge in [-0.25, -0.2) is 0 Å². The van der Waals surface area contributed by atoms with Gasteiger partial charge in [0.1, 0.15) is 0 Å². The molecule has 0 atom stereocenters. The van der Waals surface area contributed by atoms with E-state index >= 15 is 0 Å². The molecule has 0 fully saturated rings. The van der Waals surface area contributed by atoms with Crippen molar-refractivity contribution >= 4 is 17.4 Å². The lowest BCUT2D eigenvalue weighted by Gasteiger charge is -2.15. The quantitative estimate of drug-likeness (QED) is 0.570. The van der Waals surface area contributed by atoms with Crippen molar-refractivity contribution < 1.29 is 0 Å². The fourth-order valence-corrected chi connectivity index (χ4v) is 3.12. The summed E-state index contributed by atoms with van der Waals surface area (Å²) in [6.45, 7) is 2.27. The lowest BCUT2D eigenvalue weighted by molar-refractivity contribution is 0.607. The zero-order valence-corrected chi connectivity index (χ0v) is 12.8. The first-order valence-electron chi connectivity index (χ1n) is 7.54. The Morgan fingerprint density at radius 1 is 1.00 bits per heavy atom. The Labute approximate surface area is 122 Å². The number of aryl methyl sites for hydroxylation is 1. The monoisotopic (exact) mass is 275 g/mol. The minimum Gasteiger partial charge on any atom is -0.337 e. The maximum absolute atomic E-state index is 2.29. The summed E-state index contributed by atoms with van der Waals surface area (Å²) < 4.78 is 0. The van der Waals surface area contributed by atoms with Gasteiger partial charge >= 0.3 is 0 Å². The summed E-state index contributed by atoms with van der Waals surface area (Å²) in [4.78, 5) is 2.29. The Morgan fingerprint density at radius 3 is 2.42 bits per heavy atom. The molecule has 0 aliphatic carbocycles. The van der Waals surface area contributed by atoms with Crippen LogP contribution in [0.4, 0.5) is 5.69 Å². The molecule has 1 aliphatic rings. The Balaban J connectivity index is 1.68. The van der Waals surface area contributed by atoms with Crippen molar-refractivity contribution in [1.82, 2.24) is 0 Å². The Morgan fingerprint density at radius 2 is 1.74 bits per heavy atom. The van der Waals surface area contributed by atoms with Crippen molar-refractivity contribution in [3.05, 3.63) is 41.4 Å². The molecular formula is C17H25NS. The van der Waals surface area contributed by atoms with Crippen LogP contribution in [0.2, 0.25) is 0 Å². The SMILES string of the molecule is CCCCCCCCc1ccc(N2C=CSC2)cc1. The average molecular weight is 275 g/mol. The molecule has 2 heteroatoms. The maximum atomic E-state index is 2.29. The molecule has 1 aliphatic heterocycles. The second kappa shape index (κ2) is 8.31. The highest BCUT2D eigenvalue weighted by molar-refractivity contribution is 8.02. The van der Waals surface area contributed by atoms with Gasteiger partial charge in [-0.15, -0.1) is 11.8 Å². The minimum atomic E-state index is 1.05. The van der Waals surface area contributed by atoms with Crippen molar-refractivity contribution in [2.45, 2.75) is 51.9 Å². The van der Waals surface area contributed by atoms with E-state index in [4.69, 9.17) is 0 Å². The van der Waals surface area contributed by atoms with Gasteiger partial charge in [0, 0.05) is 11.9 Å². The molecule has 0 unspecified atom stereocenters. The average Bonchev–Trinajstić information content (AvgIpc) is 2.97. The van der Waals surface area contributed by atoms with Gasteiger partial charge in [0.25, 0.3) is 0 Å². The van der Waals surface area contributed by atoms with E-state index in [-0.39, 0.29) is 0 Å². The summed E-state index contributed by atoms with van der Waals surface area (Å²) in [5, 5.41) is 2.16. The number of benzene rings is 1. The van der Waals surface area contributed by atoms with Crippen LogP contribution in [0.3, 0.4) is 0 Å². The van der Waals surface area contributed by atoms with Crippen LogP contribution in [0.25, 0.3) is 0 Å². The van der Waals surface area contributed by atoms with Gasteiger partial charge in [-0.05, 0) is 35.9 Å². The van der Waals surface area contributed by atoms with Gasteiger partial charge in [-0.3, -0.25) is 0 Å². The zero-order chi connectivity index (χ0) is 13.3. The number of rotatable bonds is 8. The van der Waals surface area contributed by atoms with Crippen LogP contribution in [0.15, 0.2) is 35.9 Å². The van der Waals surface area contributed by atoms with Gasteiger partial charge in [0.2, 0.25) is 0 Å².